The summed E-state index contributed by atoms with van der Waals surface area (Å²) in [6.07, 6.45) is 6.89. The molecule has 1 aliphatic rings. The van der Waals surface area contributed by atoms with Gasteiger partial charge in [0.15, 0.2) is 0 Å². The van der Waals surface area contributed by atoms with Crippen LogP contribution in [0.4, 0.5) is 0 Å². The standard InChI is InChI=1S/C17H17N7O2/c25-16-7-14(9-23-12-19-11-20-23)21-15-10-22(5-2-6-24(15)16)17(26)13-3-1-4-18-8-13/h1,3-4,7-8,11-12H,2,5-6,9-10H2. The van der Waals surface area contributed by atoms with Crippen molar-refractivity contribution in [3.63, 3.8) is 0 Å². The van der Waals surface area contributed by atoms with Gasteiger partial charge < -0.3 is 4.90 Å². The van der Waals surface area contributed by atoms with E-state index in [2.05, 4.69) is 20.1 Å². The van der Waals surface area contributed by atoms with Gasteiger partial charge >= 0.3 is 0 Å². The summed E-state index contributed by atoms with van der Waals surface area (Å²) in [6, 6.07) is 4.99. The third kappa shape index (κ3) is 3.23. The van der Waals surface area contributed by atoms with Crippen LogP contribution in [-0.4, -0.2) is 46.7 Å². The first-order valence-electron chi connectivity index (χ1n) is 8.32. The largest absolute Gasteiger partial charge is 0.331 e. The van der Waals surface area contributed by atoms with Crippen LogP contribution in [0, 0.1) is 0 Å². The number of aromatic nitrogens is 6. The van der Waals surface area contributed by atoms with E-state index in [-0.39, 0.29) is 18.0 Å². The number of hydrogen-bond donors (Lipinski definition) is 0. The summed E-state index contributed by atoms with van der Waals surface area (Å²) in [5.41, 5.74) is 1.02. The molecule has 0 aliphatic carbocycles. The minimum Gasteiger partial charge on any atom is -0.331 e. The Balaban J connectivity index is 1.63. The Labute approximate surface area is 149 Å². The van der Waals surface area contributed by atoms with Gasteiger partial charge in [0.1, 0.15) is 18.5 Å². The zero-order chi connectivity index (χ0) is 17.9. The quantitative estimate of drug-likeness (QED) is 0.674. The van der Waals surface area contributed by atoms with E-state index in [1.807, 2.05) is 0 Å². The van der Waals surface area contributed by atoms with E-state index in [1.54, 1.807) is 45.0 Å². The molecule has 0 bridgehead atoms. The van der Waals surface area contributed by atoms with Gasteiger partial charge in [-0.1, -0.05) is 0 Å². The number of carbonyl (C=O) groups excluding carboxylic acids is 1. The van der Waals surface area contributed by atoms with Crippen molar-refractivity contribution in [1.82, 2.24) is 34.2 Å². The molecule has 0 N–H and O–H groups in total. The van der Waals surface area contributed by atoms with E-state index < -0.39 is 0 Å². The monoisotopic (exact) mass is 351 g/mol. The highest BCUT2D eigenvalue weighted by molar-refractivity contribution is 5.93. The summed E-state index contributed by atoms with van der Waals surface area (Å²) in [7, 11) is 0. The fourth-order valence-electron chi connectivity index (χ4n) is 3.04. The molecule has 0 aromatic carbocycles. The van der Waals surface area contributed by atoms with E-state index in [9.17, 15) is 9.59 Å². The third-order valence-corrected chi connectivity index (χ3v) is 4.27. The first kappa shape index (κ1) is 16.1. The van der Waals surface area contributed by atoms with Gasteiger partial charge in [-0.05, 0) is 18.6 Å². The van der Waals surface area contributed by atoms with Gasteiger partial charge in [-0.3, -0.25) is 19.1 Å². The molecule has 1 amide bonds. The normalized spacial score (nSPS) is 13.9. The van der Waals surface area contributed by atoms with Gasteiger partial charge in [-0.25, -0.2) is 14.6 Å². The summed E-state index contributed by atoms with van der Waals surface area (Å²) >= 11 is 0. The van der Waals surface area contributed by atoms with Crippen molar-refractivity contribution in [2.24, 2.45) is 0 Å². The molecule has 0 saturated heterocycles. The second-order valence-electron chi connectivity index (χ2n) is 6.07. The Kier molecular flexibility index (Phi) is 4.26. The van der Waals surface area contributed by atoms with Gasteiger partial charge in [0.2, 0.25) is 0 Å². The number of amides is 1. The molecule has 0 saturated carbocycles. The molecule has 0 unspecified atom stereocenters. The van der Waals surface area contributed by atoms with Crippen LogP contribution in [0.5, 0.6) is 0 Å². The van der Waals surface area contributed by atoms with Gasteiger partial charge in [0, 0.05) is 31.5 Å². The lowest BCUT2D eigenvalue weighted by Gasteiger charge is -2.20. The Morgan fingerprint density at radius 3 is 2.92 bits per heavy atom. The molecule has 3 aromatic rings. The Hall–Kier alpha value is -3.36. The summed E-state index contributed by atoms with van der Waals surface area (Å²) in [4.78, 5) is 39.4. The molecule has 1 aliphatic heterocycles. The molecule has 3 aromatic heterocycles. The topological polar surface area (TPSA) is 98.8 Å². The van der Waals surface area contributed by atoms with Crippen LogP contribution >= 0.6 is 0 Å². The fourth-order valence-corrected chi connectivity index (χ4v) is 3.04. The zero-order valence-corrected chi connectivity index (χ0v) is 14.0. The van der Waals surface area contributed by atoms with E-state index in [0.717, 1.165) is 0 Å². The van der Waals surface area contributed by atoms with Crippen LogP contribution in [0.25, 0.3) is 0 Å². The summed E-state index contributed by atoms with van der Waals surface area (Å²) < 4.78 is 3.25. The number of nitrogens with zero attached hydrogens (tertiary/aromatic N) is 7. The molecule has 0 fully saturated rings. The molecule has 9 heteroatoms. The number of pyridine rings is 1. The molecule has 4 heterocycles. The van der Waals surface area contributed by atoms with Gasteiger partial charge in [0.25, 0.3) is 11.5 Å². The molecular formula is C17H17N7O2. The Bertz CT molecular complexity index is 967. The predicted molar refractivity (Wildman–Crippen MR) is 91.2 cm³/mol. The van der Waals surface area contributed by atoms with Crippen molar-refractivity contribution in [2.75, 3.05) is 6.54 Å². The highest BCUT2D eigenvalue weighted by Crippen LogP contribution is 2.13. The first-order valence-corrected chi connectivity index (χ1v) is 8.32. The lowest BCUT2D eigenvalue weighted by molar-refractivity contribution is 0.0743. The molecule has 26 heavy (non-hydrogen) atoms. The van der Waals surface area contributed by atoms with Gasteiger partial charge in [-0.2, -0.15) is 5.10 Å². The number of carbonyl (C=O) groups is 1. The molecule has 132 valence electrons. The second-order valence-corrected chi connectivity index (χ2v) is 6.07. The molecule has 4 rings (SSSR count). The molecular weight excluding hydrogens is 334 g/mol. The Morgan fingerprint density at radius 2 is 2.15 bits per heavy atom. The fraction of sp³-hybridized carbons (Fsp3) is 0.294. The maximum absolute atomic E-state index is 12.7. The van der Waals surface area contributed by atoms with Gasteiger partial charge in [0.05, 0.1) is 24.3 Å². The van der Waals surface area contributed by atoms with Crippen molar-refractivity contribution in [1.29, 1.82) is 0 Å². The maximum Gasteiger partial charge on any atom is 0.255 e. The summed E-state index contributed by atoms with van der Waals surface area (Å²) in [5.74, 6) is 0.477. The molecule has 0 spiro atoms. The van der Waals surface area contributed by atoms with E-state index >= 15 is 0 Å². The van der Waals surface area contributed by atoms with E-state index in [0.29, 0.717) is 43.1 Å². The van der Waals surface area contributed by atoms with Crippen molar-refractivity contribution >= 4 is 5.91 Å². The third-order valence-electron chi connectivity index (χ3n) is 4.27. The predicted octanol–water partition coefficient (Wildman–Crippen LogP) is 0.324. The first-order chi connectivity index (χ1) is 12.7. The van der Waals surface area contributed by atoms with Crippen LogP contribution in [0.1, 0.15) is 28.3 Å². The number of fused-ring (bicyclic) bond motifs is 1. The van der Waals surface area contributed by atoms with E-state index in [1.165, 1.54) is 12.4 Å². The van der Waals surface area contributed by atoms with Crippen LogP contribution < -0.4 is 5.56 Å². The maximum atomic E-state index is 12.7. The lowest BCUT2D eigenvalue weighted by atomic mass is 10.2. The zero-order valence-electron chi connectivity index (χ0n) is 14.0. The summed E-state index contributed by atoms with van der Waals surface area (Å²) in [6.45, 7) is 1.75. The smallest absolute Gasteiger partial charge is 0.255 e. The minimum absolute atomic E-state index is 0.109. The van der Waals surface area contributed by atoms with Crippen molar-refractivity contribution in [3.8, 4) is 0 Å². The average Bonchev–Trinajstić information content (AvgIpc) is 3.06. The number of hydrogen-bond acceptors (Lipinski definition) is 6. The van der Waals surface area contributed by atoms with Crippen LogP contribution in [-0.2, 0) is 19.6 Å². The van der Waals surface area contributed by atoms with E-state index in [4.69, 9.17) is 0 Å². The van der Waals surface area contributed by atoms with Crippen LogP contribution in [0.2, 0.25) is 0 Å². The van der Waals surface area contributed by atoms with Crippen LogP contribution in [0.3, 0.4) is 0 Å². The molecule has 0 atom stereocenters. The van der Waals surface area contributed by atoms with Crippen molar-refractivity contribution in [2.45, 2.75) is 26.1 Å². The van der Waals surface area contributed by atoms with Crippen LogP contribution in [0.15, 0.2) is 48.0 Å². The highest BCUT2D eigenvalue weighted by Gasteiger charge is 2.22. The average molecular weight is 351 g/mol. The summed E-state index contributed by atoms with van der Waals surface area (Å²) in [5, 5.41) is 4.04. The molecule has 0 radical (unpaired) electrons. The molecule has 9 nitrogen and oxygen atoms in total. The van der Waals surface area contributed by atoms with Crippen molar-refractivity contribution in [3.05, 3.63) is 70.7 Å². The highest BCUT2D eigenvalue weighted by atomic mass is 16.2. The lowest BCUT2D eigenvalue weighted by Crippen LogP contribution is -2.32. The van der Waals surface area contributed by atoms with Gasteiger partial charge in [-0.15, -0.1) is 0 Å². The van der Waals surface area contributed by atoms with Crippen molar-refractivity contribution < 1.29 is 4.79 Å². The number of rotatable bonds is 3. The SMILES string of the molecule is O=C(c1cccnc1)N1CCCn2c(nc(Cn3cncn3)cc2=O)C1. The Morgan fingerprint density at radius 1 is 1.23 bits per heavy atom. The second kappa shape index (κ2) is 6.87. The minimum atomic E-state index is -0.110.